The average Bonchev–Trinajstić information content (AvgIpc) is 2.53. The molecule has 1 heterocycles. The molecule has 0 amide bonds. The number of hydrogen-bond acceptors (Lipinski definition) is 4. The fraction of sp³-hybridized carbons (Fsp3) is 0.647. The number of methoxy groups -OCH3 is 2. The van der Waals surface area contributed by atoms with Crippen LogP contribution in [-0.2, 0) is 0 Å². The number of piperidine rings is 1. The minimum absolute atomic E-state index is 0.500. The standard InChI is InChI=1S/C17H27NO3/c1-13-6-4-5-10-18(13)11-9-16(19)15-8-7-14(20-2)12-17(15)21-3/h7-8,12-13,16,19H,4-6,9-11H2,1-3H3. The largest absolute Gasteiger partial charge is 0.497 e. The van der Waals surface area contributed by atoms with Crippen molar-refractivity contribution in [3.63, 3.8) is 0 Å². The van der Waals surface area contributed by atoms with E-state index >= 15 is 0 Å². The molecular formula is C17H27NO3. The van der Waals surface area contributed by atoms with Crippen LogP contribution in [0.3, 0.4) is 0 Å². The van der Waals surface area contributed by atoms with Crippen molar-refractivity contribution >= 4 is 0 Å². The second-order valence-corrected chi connectivity index (χ2v) is 5.79. The van der Waals surface area contributed by atoms with E-state index in [1.54, 1.807) is 14.2 Å². The Bertz CT molecular complexity index is 450. The molecule has 1 N–H and O–H groups in total. The molecule has 0 spiro atoms. The summed E-state index contributed by atoms with van der Waals surface area (Å²) < 4.78 is 10.6. The quantitative estimate of drug-likeness (QED) is 0.875. The van der Waals surface area contributed by atoms with Crippen molar-refractivity contribution in [2.75, 3.05) is 27.3 Å². The zero-order valence-corrected chi connectivity index (χ0v) is 13.3. The molecule has 0 aliphatic carbocycles. The molecule has 0 aromatic heterocycles. The number of aliphatic hydroxyl groups excluding tert-OH is 1. The molecule has 2 atom stereocenters. The molecule has 1 saturated heterocycles. The van der Waals surface area contributed by atoms with Gasteiger partial charge in [0.25, 0.3) is 0 Å². The summed E-state index contributed by atoms with van der Waals surface area (Å²) in [5.74, 6) is 1.43. The summed E-state index contributed by atoms with van der Waals surface area (Å²) in [5.41, 5.74) is 0.836. The highest BCUT2D eigenvalue weighted by molar-refractivity contribution is 5.41. The third-order valence-electron chi connectivity index (χ3n) is 4.43. The van der Waals surface area contributed by atoms with Gasteiger partial charge in [0, 0.05) is 24.2 Å². The van der Waals surface area contributed by atoms with E-state index in [0.29, 0.717) is 11.8 Å². The molecule has 118 valence electrons. The van der Waals surface area contributed by atoms with Crippen molar-refractivity contribution < 1.29 is 14.6 Å². The molecule has 1 aromatic carbocycles. The molecule has 1 aromatic rings. The predicted molar refractivity (Wildman–Crippen MR) is 84.0 cm³/mol. The number of nitrogens with zero attached hydrogens (tertiary/aromatic N) is 1. The molecule has 4 heteroatoms. The Morgan fingerprint density at radius 1 is 1.29 bits per heavy atom. The van der Waals surface area contributed by atoms with Gasteiger partial charge < -0.3 is 19.5 Å². The first-order valence-electron chi connectivity index (χ1n) is 7.79. The van der Waals surface area contributed by atoms with Gasteiger partial charge in [-0.25, -0.2) is 0 Å². The molecule has 0 saturated carbocycles. The highest BCUT2D eigenvalue weighted by atomic mass is 16.5. The van der Waals surface area contributed by atoms with Gasteiger partial charge in [-0.1, -0.05) is 6.42 Å². The van der Waals surface area contributed by atoms with Crippen LogP contribution in [0.1, 0.15) is 44.3 Å². The summed E-state index contributed by atoms with van der Waals surface area (Å²) in [7, 11) is 3.25. The number of benzene rings is 1. The fourth-order valence-electron chi connectivity index (χ4n) is 3.03. The molecular weight excluding hydrogens is 266 g/mol. The van der Waals surface area contributed by atoms with Crippen molar-refractivity contribution in [1.82, 2.24) is 4.90 Å². The van der Waals surface area contributed by atoms with E-state index in [1.165, 1.54) is 19.3 Å². The number of rotatable bonds is 6. The van der Waals surface area contributed by atoms with E-state index in [2.05, 4.69) is 11.8 Å². The van der Waals surface area contributed by atoms with Gasteiger partial charge in [0.15, 0.2) is 0 Å². The number of hydrogen-bond donors (Lipinski definition) is 1. The topological polar surface area (TPSA) is 41.9 Å². The van der Waals surface area contributed by atoms with Crippen molar-refractivity contribution in [3.8, 4) is 11.5 Å². The third-order valence-corrected chi connectivity index (χ3v) is 4.43. The van der Waals surface area contributed by atoms with Gasteiger partial charge in [0.05, 0.1) is 20.3 Å². The SMILES string of the molecule is COc1ccc(C(O)CCN2CCCCC2C)c(OC)c1. The minimum Gasteiger partial charge on any atom is -0.497 e. The Labute approximate surface area is 127 Å². The minimum atomic E-state index is -0.500. The van der Waals surface area contributed by atoms with E-state index in [4.69, 9.17) is 9.47 Å². The summed E-state index contributed by atoms with van der Waals surface area (Å²) in [6.07, 6.45) is 4.09. The van der Waals surface area contributed by atoms with Gasteiger partial charge in [-0.2, -0.15) is 0 Å². The first-order valence-corrected chi connectivity index (χ1v) is 7.79. The van der Waals surface area contributed by atoms with Crippen LogP contribution in [0.15, 0.2) is 18.2 Å². The Kier molecular flexibility index (Phi) is 5.88. The Balaban J connectivity index is 1.97. The Morgan fingerprint density at radius 2 is 2.10 bits per heavy atom. The molecule has 1 aliphatic heterocycles. The number of aliphatic hydroxyl groups is 1. The van der Waals surface area contributed by atoms with Crippen LogP contribution >= 0.6 is 0 Å². The zero-order valence-electron chi connectivity index (χ0n) is 13.3. The first kappa shape index (κ1) is 16.1. The summed E-state index contributed by atoms with van der Waals surface area (Å²) >= 11 is 0. The fourth-order valence-corrected chi connectivity index (χ4v) is 3.03. The van der Waals surface area contributed by atoms with Gasteiger partial charge in [-0.3, -0.25) is 0 Å². The van der Waals surface area contributed by atoms with Crippen LogP contribution in [-0.4, -0.2) is 43.4 Å². The highest BCUT2D eigenvalue weighted by Crippen LogP contribution is 2.31. The van der Waals surface area contributed by atoms with Crippen LogP contribution in [0.25, 0.3) is 0 Å². The van der Waals surface area contributed by atoms with Gasteiger partial charge >= 0.3 is 0 Å². The molecule has 2 rings (SSSR count). The van der Waals surface area contributed by atoms with E-state index in [0.717, 1.165) is 30.8 Å². The Hall–Kier alpha value is -1.26. The predicted octanol–water partition coefficient (Wildman–Crippen LogP) is 3.00. The van der Waals surface area contributed by atoms with E-state index in [1.807, 2.05) is 18.2 Å². The van der Waals surface area contributed by atoms with Gasteiger partial charge in [-0.15, -0.1) is 0 Å². The summed E-state index contributed by atoms with van der Waals surface area (Å²) in [6.45, 7) is 4.35. The van der Waals surface area contributed by atoms with E-state index in [-0.39, 0.29) is 0 Å². The maximum absolute atomic E-state index is 10.5. The third kappa shape index (κ3) is 4.11. The smallest absolute Gasteiger partial charge is 0.128 e. The lowest BCUT2D eigenvalue weighted by molar-refractivity contribution is 0.108. The van der Waals surface area contributed by atoms with Crippen LogP contribution in [0, 0.1) is 0 Å². The lowest BCUT2D eigenvalue weighted by Gasteiger charge is -2.33. The van der Waals surface area contributed by atoms with Crippen molar-refractivity contribution in [2.45, 2.75) is 44.8 Å². The lowest BCUT2D eigenvalue weighted by Crippen LogP contribution is -2.38. The normalized spacial score (nSPS) is 21.0. The lowest BCUT2D eigenvalue weighted by atomic mass is 10.0. The first-order chi connectivity index (χ1) is 10.2. The molecule has 1 fully saturated rings. The van der Waals surface area contributed by atoms with Crippen molar-refractivity contribution in [1.29, 1.82) is 0 Å². The molecule has 1 aliphatic rings. The second kappa shape index (κ2) is 7.66. The van der Waals surface area contributed by atoms with Crippen LogP contribution in [0.2, 0.25) is 0 Å². The maximum atomic E-state index is 10.5. The molecule has 0 radical (unpaired) electrons. The van der Waals surface area contributed by atoms with E-state index in [9.17, 15) is 5.11 Å². The summed E-state index contributed by atoms with van der Waals surface area (Å²) in [5, 5.41) is 10.5. The van der Waals surface area contributed by atoms with Crippen molar-refractivity contribution in [3.05, 3.63) is 23.8 Å². The van der Waals surface area contributed by atoms with Gasteiger partial charge in [-0.05, 0) is 44.9 Å². The zero-order chi connectivity index (χ0) is 15.2. The van der Waals surface area contributed by atoms with Gasteiger partial charge in [0.2, 0.25) is 0 Å². The number of ether oxygens (including phenoxy) is 2. The summed E-state index contributed by atoms with van der Waals surface area (Å²) in [6, 6.07) is 6.21. The molecule has 2 unspecified atom stereocenters. The summed E-state index contributed by atoms with van der Waals surface area (Å²) in [4.78, 5) is 2.47. The monoisotopic (exact) mass is 293 g/mol. The molecule has 21 heavy (non-hydrogen) atoms. The van der Waals surface area contributed by atoms with E-state index < -0.39 is 6.10 Å². The van der Waals surface area contributed by atoms with Gasteiger partial charge in [0.1, 0.15) is 11.5 Å². The Morgan fingerprint density at radius 3 is 2.76 bits per heavy atom. The molecule has 0 bridgehead atoms. The second-order valence-electron chi connectivity index (χ2n) is 5.79. The highest BCUT2D eigenvalue weighted by Gasteiger charge is 2.20. The van der Waals surface area contributed by atoms with Crippen molar-refractivity contribution in [2.24, 2.45) is 0 Å². The average molecular weight is 293 g/mol. The van der Waals surface area contributed by atoms with Crippen LogP contribution in [0.4, 0.5) is 0 Å². The number of likely N-dealkylation sites (tertiary alicyclic amines) is 1. The molecule has 4 nitrogen and oxygen atoms in total. The van der Waals surface area contributed by atoms with Crippen LogP contribution in [0.5, 0.6) is 11.5 Å². The van der Waals surface area contributed by atoms with Crippen LogP contribution < -0.4 is 9.47 Å². The maximum Gasteiger partial charge on any atom is 0.128 e.